The SMILES string of the molecule is CC(C)N1CC(=O)C(Cc2ccc(Cl)cc2)[C@@]2(CCN(c3ccncn3)C2)C1=O. The fourth-order valence-corrected chi connectivity index (χ4v) is 4.76. The van der Waals surface area contributed by atoms with Gasteiger partial charge >= 0.3 is 0 Å². The molecule has 1 unspecified atom stereocenters. The summed E-state index contributed by atoms with van der Waals surface area (Å²) in [5.74, 6) is 0.669. The van der Waals surface area contributed by atoms with Crippen LogP contribution in [0.5, 0.6) is 0 Å². The monoisotopic (exact) mass is 412 g/mol. The number of nitrogens with zero attached hydrogens (tertiary/aromatic N) is 4. The fourth-order valence-electron chi connectivity index (χ4n) is 4.63. The highest BCUT2D eigenvalue weighted by molar-refractivity contribution is 6.30. The molecule has 152 valence electrons. The van der Waals surface area contributed by atoms with Crippen molar-refractivity contribution in [2.24, 2.45) is 11.3 Å². The molecule has 0 saturated carbocycles. The third-order valence-electron chi connectivity index (χ3n) is 6.24. The summed E-state index contributed by atoms with van der Waals surface area (Å²) in [4.78, 5) is 39.1. The molecule has 0 bridgehead atoms. The Balaban J connectivity index is 1.69. The number of piperidine rings is 1. The zero-order valence-electron chi connectivity index (χ0n) is 16.7. The molecule has 2 aliphatic heterocycles. The summed E-state index contributed by atoms with van der Waals surface area (Å²) in [6, 6.07) is 9.40. The molecule has 2 saturated heterocycles. The van der Waals surface area contributed by atoms with E-state index < -0.39 is 5.41 Å². The topological polar surface area (TPSA) is 66.4 Å². The molecule has 2 aliphatic rings. The molecule has 7 heteroatoms. The van der Waals surface area contributed by atoms with Gasteiger partial charge in [0.05, 0.1) is 12.0 Å². The highest BCUT2D eigenvalue weighted by atomic mass is 35.5. The van der Waals surface area contributed by atoms with E-state index in [0.29, 0.717) is 31.0 Å². The van der Waals surface area contributed by atoms with Crippen LogP contribution in [0.2, 0.25) is 5.02 Å². The van der Waals surface area contributed by atoms with Crippen LogP contribution >= 0.6 is 11.6 Å². The molecule has 3 heterocycles. The predicted octanol–water partition coefficient (Wildman–Crippen LogP) is 3.01. The van der Waals surface area contributed by atoms with E-state index in [4.69, 9.17) is 11.6 Å². The third-order valence-corrected chi connectivity index (χ3v) is 6.49. The fraction of sp³-hybridized carbons (Fsp3) is 0.455. The molecule has 0 N–H and O–H groups in total. The minimum absolute atomic E-state index is 0.00657. The molecule has 2 atom stereocenters. The number of anilines is 1. The number of likely N-dealkylation sites (tertiary alicyclic amines) is 1. The molecule has 2 aromatic rings. The zero-order valence-corrected chi connectivity index (χ0v) is 17.5. The maximum atomic E-state index is 13.7. The average Bonchev–Trinajstić information content (AvgIpc) is 3.16. The minimum atomic E-state index is -0.732. The Labute approximate surface area is 175 Å². The third kappa shape index (κ3) is 3.62. The Morgan fingerprint density at radius 3 is 2.62 bits per heavy atom. The van der Waals surface area contributed by atoms with E-state index in [1.807, 2.05) is 44.2 Å². The van der Waals surface area contributed by atoms with Crippen LogP contribution in [0.4, 0.5) is 5.82 Å². The van der Waals surface area contributed by atoms with Crippen LogP contribution in [-0.2, 0) is 16.0 Å². The first-order valence-corrected chi connectivity index (χ1v) is 10.4. The van der Waals surface area contributed by atoms with E-state index in [1.165, 1.54) is 6.33 Å². The lowest BCUT2D eigenvalue weighted by Crippen LogP contribution is -2.61. The van der Waals surface area contributed by atoms with Gasteiger partial charge in [-0.05, 0) is 50.5 Å². The summed E-state index contributed by atoms with van der Waals surface area (Å²) in [6.07, 6.45) is 4.40. The van der Waals surface area contributed by atoms with Gasteiger partial charge in [0.15, 0.2) is 5.78 Å². The maximum absolute atomic E-state index is 13.7. The smallest absolute Gasteiger partial charge is 0.232 e. The number of hydrogen-bond acceptors (Lipinski definition) is 5. The molecule has 1 aromatic carbocycles. The molecule has 1 spiro atoms. The second kappa shape index (κ2) is 7.75. The Morgan fingerprint density at radius 1 is 1.21 bits per heavy atom. The first-order valence-electron chi connectivity index (χ1n) is 10.00. The van der Waals surface area contributed by atoms with Gasteiger partial charge in [0, 0.05) is 36.3 Å². The van der Waals surface area contributed by atoms with E-state index >= 15 is 0 Å². The van der Waals surface area contributed by atoms with Crippen molar-refractivity contribution < 1.29 is 9.59 Å². The largest absolute Gasteiger partial charge is 0.355 e. The van der Waals surface area contributed by atoms with Gasteiger partial charge in [-0.15, -0.1) is 0 Å². The molecular formula is C22H25ClN4O2. The molecule has 29 heavy (non-hydrogen) atoms. The summed E-state index contributed by atoms with van der Waals surface area (Å²) >= 11 is 6.02. The van der Waals surface area contributed by atoms with Crippen LogP contribution in [0, 0.1) is 11.3 Å². The number of aromatic nitrogens is 2. The van der Waals surface area contributed by atoms with Gasteiger partial charge in [0.2, 0.25) is 5.91 Å². The van der Waals surface area contributed by atoms with Crippen LogP contribution in [-0.4, -0.2) is 52.2 Å². The lowest BCUT2D eigenvalue weighted by molar-refractivity contribution is -0.159. The molecular weight excluding hydrogens is 388 g/mol. The minimum Gasteiger partial charge on any atom is -0.355 e. The standard InChI is InChI=1S/C22H25ClN4O2/c1-15(2)27-12-19(28)18(11-16-3-5-17(23)6-4-16)22(21(27)29)8-10-26(13-22)20-7-9-24-14-25-20/h3-7,9,14-15,18H,8,10-13H2,1-2H3/t18?,22-/m0/s1. The average molecular weight is 413 g/mol. The normalized spacial score (nSPS) is 24.8. The van der Waals surface area contributed by atoms with Gasteiger partial charge < -0.3 is 9.80 Å². The Kier molecular flexibility index (Phi) is 5.30. The predicted molar refractivity (Wildman–Crippen MR) is 112 cm³/mol. The zero-order chi connectivity index (χ0) is 20.6. The Bertz CT molecular complexity index is 903. The molecule has 4 rings (SSSR count). The number of hydrogen-bond donors (Lipinski definition) is 0. The first kappa shape index (κ1) is 19.8. The molecule has 1 aromatic heterocycles. The van der Waals surface area contributed by atoms with Gasteiger partial charge in [-0.1, -0.05) is 23.7 Å². The van der Waals surface area contributed by atoms with Gasteiger partial charge in [0.25, 0.3) is 0 Å². The van der Waals surface area contributed by atoms with Crippen LogP contribution in [0.25, 0.3) is 0 Å². The van der Waals surface area contributed by atoms with Crippen molar-refractivity contribution in [3.05, 3.63) is 53.4 Å². The molecule has 0 radical (unpaired) electrons. The Hall–Kier alpha value is -2.47. The second-order valence-corrected chi connectivity index (χ2v) is 8.71. The number of Topliss-reactive ketones (excluding diaryl/α,β-unsaturated/α-hetero) is 1. The summed E-state index contributed by atoms with van der Waals surface area (Å²) in [7, 11) is 0. The number of carbonyl (C=O) groups excluding carboxylic acids is 2. The summed E-state index contributed by atoms with van der Waals surface area (Å²) in [5.41, 5.74) is 0.294. The van der Waals surface area contributed by atoms with Crippen LogP contribution in [0.3, 0.4) is 0 Å². The van der Waals surface area contributed by atoms with Crippen molar-refractivity contribution in [3.8, 4) is 0 Å². The Morgan fingerprint density at radius 2 is 1.97 bits per heavy atom. The molecule has 1 amide bonds. The van der Waals surface area contributed by atoms with Crippen molar-refractivity contribution in [1.29, 1.82) is 0 Å². The van der Waals surface area contributed by atoms with Crippen LogP contribution in [0.1, 0.15) is 25.8 Å². The van der Waals surface area contributed by atoms with Crippen LogP contribution in [0.15, 0.2) is 42.9 Å². The summed E-state index contributed by atoms with van der Waals surface area (Å²) < 4.78 is 0. The maximum Gasteiger partial charge on any atom is 0.232 e. The summed E-state index contributed by atoms with van der Waals surface area (Å²) in [6.45, 7) is 5.31. The highest BCUT2D eigenvalue weighted by Crippen LogP contribution is 2.45. The number of amides is 1. The van der Waals surface area contributed by atoms with Gasteiger partial charge in [0.1, 0.15) is 12.1 Å². The van der Waals surface area contributed by atoms with Crippen molar-refractivity contribution >= 4 is 29.1 Å². The van der Waals surface area contributed by atoms with E-state index in [1.54, 1.807) is 11.1 Å². The quantitative estimate of drug-likeness (QED) is 0.772. The van der Waals surface area contributed by atoms with Crippen molar-refractivity contribution in [1.82, 2.24) is 14.9 Å². The number of rotatable bonds is 4. The first-order chi connectivity index (χ1) is 13.9. The van der Waals surface area contributed by atoms with Crippen molar-refractivity contribution in [2.75, 3.05) is 24.5 Å². The molecule has 6 nitrogen and oxygen atoms in total. The van der Waals surface area contributed by atoms with Crippen molar-refractivity contribution in [2.45, 2.75) is 32.7 Å². The molecule has 0 aliphatic carbocycles. The van der Waals surface area contributed by atoms with E-state index in [0.717, 1.165) is 11.4 Å². The highest BCUT2D eigenvalue weighted by Gasteiger charge is 2.57. The lowest BCUT2D eigenvalue weighted by Gasteiger charge is -2.45. The number of ketones is 1. The second-order valence-electron chi connectivity index (χ2n) is 8.27. The summed E-state index contributed by atoms with van der Waals surface area (Å²) in [5, 5.41) is 0.663. The van der Waals surface area contributed by atoms with E-state index in [-0.39, 0.29) is 30.2 Å². The van der Waals surface area contributed by atoms with E-state index in [9.17, 15) is 9.59 Å². The van der Waals surface area contributed by atoms with E-state index in [2.05, 4.69) is 14.9 Å². The number of benzene rings is 1. The van der Waals surface area contributed by atoms with Gasteiger partial charge in [-0.2, -0.15) is 0 Å². The lowest BCUT2D eigenvalue weighted by atomic mass is 9.66. The van der Waals surface area contributed by atoms with Crippen molar-refractivity contribution in [3.63, 3.8) is 0 Å². The van der Waals surface area contributed by atoms with Gasteiger partial charge in [-0.25, -0.2) is 9.97 Å². The van der Waals surface area contributed by atoms with Crippen LogP contribution < -0.4 is 4.90 Å². The number of carbonyl (C=O) groups is 2. The molecule has 2 fully saturated rings. The van der Waals surface area contributed by atoms with Gasteiger partial charge in [-0.3, -0.25) is 9.59 Å². The number of halogens is 1.